The Labute approximate surface area is 191 Å². The van der Waals surface area contributed by atoms with Crippen LogP contribution in [0.2, 0.25) is 5.02 Å². The van der Waals surface area contributed by atoms with Crippen LogP contribution in [0.25, 0.3) is 6.08 Å². The van der Waals surface area contributed by atoms with Gasteiger partial charge in [-0.2, -0.15) is 0 Å². The van der Waals surface area contributed by atoms with Gasteiger partial charge in [0, 0.05) is 17.1 Å². The maximum absolute atomic E-state index is 12.6. The number of amides is 1. The number of nitrogens with zero attached hydrogens (tertiary/aromatic N) is 1. The molecule has 0 aliphatic carbocycles. The van der Waals surface area contributed by atoms with E-state index in [1.165, 1.54) is 16.7 Å². The molecule has 2 aromatic rings. The number of benzene rings is 2. The summed E-state index contributed by atoms with van der Waals surface area (Å²) in [7, 11) is 0. The van der Waals surface area contributed by atoms with Gasteiger partial charge in [0.15, 0.2) is 0 Å². The molecule has 0 radical (unpaired) electrons. The van der Waals surface area contributed by atoms with Crippen molar-refractivity contribution in [1.29, 1.82) is 0 Å². The number of rotatable bonds is 8. The number of thioether (sulfide) groups is 1. The van der Waals surface area contributed by atoms with E-state index in [4.69, 9.17) is 33.3 Å². The van der Waals surface area contributed by atoms with Gasteiger partial charge < -0.3 is 9.47 Å². The largest absolute Gasteiger partial charge is 0.490 e. The normalized spacial score (nSPS) is 15.0. The summed E-state index contributed by atoms with van der Waals surface area (Å²) < 4.78 is 12.2. The van der Waals surface area contributed by atoms with Crippen molar-refractivity contribution in [1.82, 2.24) is 4.90 Å². The monoisotopic (exact) mass is 459 g/mol. The van der Waals surface area contributed by atoms with Crippen LogP contribution in [0.1, 0.15) is 16.7 Å². The molecule has 1 saturated heterocycles. The van der Waals surface area contributed by atoms with Gasteiger partial charge in [0.2, 0.25) is 0 Å². The molecule has 0 atom stereocenters. The third-order valence-corrected chi connectivity index (χ3v) is 5.86. The zero-order valence-electron chi connectivity index (χ0n) is 16.8. The number of hydrogen-bond donors (Lipinski definition) is 0. The van der Waals surface area contributed by atoms with Gasteiger partial charge in [-0.05, 0) is 61.4 Å². The molecule has 0 N–H and O–H groups in total. The van der Waals surface area contributed by atoms with Crippen molar-refractivity contribution < 1.29 is 14.3 Å². The molecule has 7 heteroatoms. The third kappa shape index (κ3) is 5.65. The Hall–Kier alpha value is -2.28. The first-order valence-corrected chi connectivity index (χ1v) is 11.0. The molecule has 0 bridgehead atoms. The maximum atomic E-state index is 12.6. The molecular weight excluding hydrogens is 438 g/mol. The minimum Gasteiger partial charge on any atom is -0.490 e. The molecule has 1 fully saturated rings. The lowest BCUT2D eigenvalue weighted by Gasteiger charge is -2.12. The van der Waals surface area contributed by atoms with Gasteiger partial charge in [-0.1, -0.05) is 47.7 Å². The molecule has 0 spiro atoms. The predicted molar refractivity (Wildman–Crippen MR) is 128 cm³/mol. The van der Waals surface area contributed by atoms with Gasteiger partial charge in [0.1, 0.15) is 29.0 Å². The summed E-state index contributed by atoms with van der Waals surface area (Å²) in [5.41, 5.74) is 3.02. The number of thiocarbonyl (C=S) groups is 1. The summed E-state index contributed by atoms with van der Waals surface area (Å²) in [6, 6.07) is 11.4. The van der Waals surface area contributed by atoms with E-state index >= 15 is 0 Å². The van der Waals surface area contributed by atoms with E-state index in [1.54, 1.807) is 30.4 Å². The Morgan fingerprint density at radius 1 is 1.13 bits per heavy atom. The topological polar surface area (TPSA) is 38.8 Å². The van der Waals surface area contributed by atoms with Crippen molar-refractivity contribution in [3.8, 4) is 11.5 Å². The fraction of sp³-hybridized carbons (Fsp3) is 0.217. The zero-order valence-corrected chi connectivity index (χ0v) is 19.2. The molecular formula is C23H22ClNO3S2. The minimum absolute atomic E-state index is 0.144. The van der Waals surface area contributed by atoms with Crippen LogP contribution in [0, 0.1) is 13.8 Å². The number of halogens is 1. The summed E-state index contributed by atoms with van der Waals surface area (Å²) in [6.07, 6.45) is 3.41. The highest BCUT2D eigenvalue weighted by Gasteiger charge is 2.31. The van der Waals surface area contributed by atoms with Gasteiger partial charge in [-0.25, -0.2) is 0 Å². The van der Waals surface area contributed by atoms with Gasteiger partial charge in [0.25, 0.3) is 5.91 Å². The number of carbonyl (C=O) groups is 1. The first kappa shape index (κ1) is 22.4. The molecule has 1 amide bonds. The summed E-state index contributed by atoms with van der Waals surface area (Å²) in [6.45, 7) is 8.88. The second-order valence-electron chi connectivity index (χ2n) is 6.78. The van der Waals surface area contributed by atoms with Crippen LogP contribution in [0.3, 0.4) is 0 Å². The van der Waals surface area contributed by atoms with E-state index in [2.05, 4.69) is 12.6 Å². The summed E-state index contributed by atoms with van der Waals surface area (Å²) in [5, 5.41) is 0.557. The highest BCUT2D eigenvalue weighted by molar-refractivity contribution is 8.26. The van der Waals surface area contributed by atoms with E-state index in [1.807, 2.05) is 26.0 Å². The van der Waals surface area contributed by atoms with Gasteiger partial charge in [-0.15, -0.1) is 6.58 Å². The van der Waals surface area contributed by atoms with E-state index in [-0.39, 0.29) is 5.91 Å². The smallest absolute Gasteiger partial charge is 0.266 e. The second kappa shape index (κ2) is 10.2. The fourth-order valence-electron chi connectivity index (χ4n) is 3.02. The number of aryl methyl sites for hydroxylation is 2. The van der Waals surface area contributed by atoms with E-state index in [9.17, 15) is 4.79 Å². The van der Waals surface area contributed by atoms with Crippen LogP contribution >= 0.6 is 35.6 Å². The lowest BCUT2D eigenvalue weighted by molar-refractivity contribution is -0.121. The molecule has 156 valence electrons. The molecule has 1 aliphatic rings. The highest BCUT2D eigenvalue weighted by Crippen LogP contribution is 2.35. The zero-order chi connectivity index (χ0) is 21.7. The SMILES string of the molecule is C=CCN1C(=O)C(=Cc2cc(Cl)ccc2OCCOc2cc(C)cc(C)c2)SC1=S. The van der Waals surface area contributed by atoms with Gasteiger partial charge in [0.05, 0.1) is 4.91 Å². The Bertz CT molecular complexity index is 999. The summed E-state index contributed by atoms with van der Waals surface area (Å²) >= 11 is 12.7. The quantitative estimate of drug-likeness (QED) is 0.216. The standard InChI is InChI=1S/C23H22ClNO3S2/c1-4-7-25-22(26)21(30-23(25)29)14-17-13-18(24)5-6-20(17)28-9-8-27-19-11-15(2)10-16(3)12-19/h4-6,10-14H,1,7-9H2,2-3H3. The lowest BCUT2D eigenvalue weighted by atomic mass is 10.1. The van der Waals surface area contributed by atoms with Crippen molar-refractivity contribution in [3.05, 3.63) is 75.7 Å². The van der Waals surface area contributed by atoms with E-state index < -0.39 is 0 Å². The lowest BCUT2D eigenvalue weighted by Crippen LogP contribution is -2.27. The Morgan fingerprint density at radius 2 is 1.83 bits per heavy atom. The van der Waals surface area contributed by atoms with E-state index in [0.29, 0.717) is 45.3 Å². The van der Waals surface area contributed by atoms with Crippen molar-refractivity contribution >= 4 is 51.9 Å². The van der Waals surface area contributed by atoms with Crippen LogP contribution in [0.4, 0.5) is 0 Å². The Balaban J connectivity index is 1.69. The highest BCUT2D eigenvalue weighted by atomic mass is 35.5. The van der Waals surface area contributed by atoms with Crippen LogP contribution in [-0.2, 0) is 4.79 Å². The number of carbonyl (C=O) groups excluding carboxylic acids is 1. The molecule has 4 nitrogen and oxygen atoms in total. The molecule has 0 unspecified atom stereocenters. The molecule has 1 heterocycles. The summed E-state index contributed by atoms with van der Waals surface area (Å²) in [5.74, 6) is 1.30. The summed E-state index contributed by atoms with van der Waals surface area (Å²) in [4.78, 5) is 14.6. The van der Waals surface area contributed by atoms with Crippen molar-refractivity contribution in [2.75, 3.05) is 19.8 Å². The molecule has 2 aromatic carbocycles. The molecule has 1 aliphatic heterocycles. The average Bonchev–Trinajstić information content (AvgIpc) is 2.94. The Morgan fingerprint density at radius 3 is 2.53 bits per heavy atom. The van der Waals surface area contributed by atoms with Gasteiger partial charge >= 0.3 is 0 Å². The fourth-order valence-corrected chi connectivity index (χ4v) is 4.47. The molecule has 0 aromatic heterocycles. The second-order valence-corrected chi connectivity index (χ2v) is 8.90. The van der Waals surface area contributed by atoms with Crippen LogP contribution in [0.15, 0.2) is 54.0 Å². The Kier molecular flexibility index (Phi) is 7.58. The van der Waals surface area contributed by atoms with Crippen LogP contribution < -0.4 is 9.47 Å². The first-order valence-electron chi connectivity index (χ1n) is 9.37. The predicted octanol–water partition coefficient (Wildman–Crippen LogP) is 5.80. The number of ether oxygens (including phenoxy) is 2. The third-order valence-electron chi connectivity index (χ3n) is 4.25. The average molecular weight is 460 g/mol. The molecule has 30 heavy (non-hydrogen) atoms. The van der Waals surface area contributed by atoms with Crippen molar-refractivity contribution in [2.24, 2.45) is 0 Å². The first-order chi connectivity index (χ1) is 14.4. The van der Waals surface area contributed by atoms with Crippen molar-refractivity contribution in [2.45, 2.75) is 13.8 Å². The molecule has 3 rings (SSSR count). The van der Waals surface area contributed by atoms with Crippen molar-refractivity contribution in [3.63, 3.8) is 0 Å². The van der Waals surface area contributed by atoms with E-state index in [0.717, 1.165) is 16.9 Å². The van der Waals surface area contributed by atoms with Crippen LogP contribution in [-0.4, -0.2) is 34.9 Å². The molecule has 0 saturated carbocycles. The maximum Gasteiger partial charge on any atom is 0.266 e. The van der Waals surface area contributed by atoms with Gasteiger partial charge in [-0.3, -0.25) is 9.69 Å². The van der Waals surface area contributed by atoms with Crippen LogP contribution in [0.5, 0.6) is 11.5 Å². The minimum atomic E-state index is -0.144. The number of hydrogen-bond acceptors (Lipinski definition) is 5.